The van der Waals surface area contributed by atoms with Crippen molar-refractivity contribution in [3.63, 3.8) is 0 Å². The predicted octanol–water partition coefficient (Wildman–Crippen LogP) is 5.67. The van der Waals surface area contributed by atoms with E-state index in [-0.39, 0.29) is 23.8 Å². The molecule has 172 valence electrons. The van der Waals surface area contributed by atoms with Gasteiger partial charge < -0.3 is 4.74 Å². The number of hydrogen-bond acceptors (Lipinski definition) is 5. The van der Waals surface area contributed by atoms with Crippen LogP contribution in [0.5, 0.6) is 0 Å². The lowest BCUT2D eigenvalue weighted by Gasteiger charge is -2.27. The molecule has 5 nitrogen and oxygen atoms in total. The van der Waals surface area contributed by atoms with Gasteiger partial charge in [0.2, 0.25) is 0 Å². The molecule has 2 aromatic carbocycles. The van der Waals surface area contributed by atoms with Crippen molar-refractivity contribution in [3.8, 4) is 0 Å². The quantitative estimate of drug-likeness (QED) is 0.418. The smallest absolute Gasteiger partial charge is 0.260 e. The summed E-state index contributed by atoms with van der Waals surface area (Å²) in [5, 5.41) is 0.964. The van der Waals surface area contributed by atoms with Crippen LogP contribution in [-0.2, 0) is 4.74 Å². The van der Waals surface area contributed by atoms with E-state index in [1.807, 2.05) is 0 Å². The molecular formula is C21H20Cl3F2N3O2S. The van der Waals surface area contributed by atoms with E-state index < -0.39 is 11.6 Å². The summed E-state index contributed by atoms with van der Waals surface area (Å²) in [5.41, 5.74) is 0.339. The molecule has 1 amide bonds. The van der Waals surface area contributed by atoms with Crippen molar-refractivity contribution in [3.05, 3.63) is 57.6 Å². The fraction of sp³-hybridized carbons (Fsp3) is 0.333. The van der Waals surface area contributed by atoms with E-state index in [1.54, 1.807) is 6.07 Å². The van der Waals surface area contributed by atoms with E-state index in [0.29, 0.717) is 51.6 Å². The first-order valence-electron chi connectivity index (χ1n) is 9.74. The third-order valence-corrected chi connectivity index (χ3v) is 6.41. The first-order chi connectivity index (χ1) is 14.9. The maximum Gasteiger partial charge on any atom is 0.260 e. The number of morpholine rings is 1. The van der Waals surface area contributed by atoms with E-state index in [0.717, 1.165) is 37.0 Å². The maximum absolute atomic E-state index is 14.2. The van der Waals surface area contributed by atoms with Gasteiger partial charge in [0.1, 0.15) is 11.3 Å². The molecule has 11 heteroatoms. The molecule has 0 N–H and O–H groups in total. The molecule has 0 radical (unpaired) electrons. The van der Waals surface area contributed by atoms with Gasteiger partial charge in [-0.3, -0.25) is 14.6 Å². The SMILES string of the molecule is Cl.O=C(c1cc(Cl)cc(Cl)c1)N(CCCN1CCOCC1)c1nc2c(F)cc(F)cc2s1. The van der Waals surface area contributed by atoms with Gasteiger partial charge in [-0.05, 0) is 30.7 Å². The molecule has 1 fully saturated rings. The average Bonchev–Trinajstić information content (AvgIpc) is 3.15. The van der Waals surface area contributed by atoms with Gasteiger partial charge in [-0.15, -0.1) is 12.4 Å². The van der Waals surface area contributed by atoms with Crippen LogP contribution in [0.4, 0.5) is 13.9 Å². The van der Waals surface area contributed by atoms with Crippen LogP contribution in [0.25, 0.3) is 10.2 Å². The number of halogens is 5. The molecule has 2 heterocycles. The van der Waals surface area contributed by atoms with Gasteiger partial charge in [0.15, 0.2) is 10.9 Å². The minimum absolute atomic E-state index is 0. The van der Waals surface area contributed by atoms with E-state index >= 15 is 0 Å². The normalized spacial score (nSPS) is 14.4. The third kappa shape index (κ3) is 5.87. The number of hydrogen-bond donors (Lipinski definition) is 0. The Labute approximate surface area is 204 Å². The van der Waals surface area contributed by atoms with Crippen LogP contribution >= 0.6 is 46.9 Å². The van der Waals surface area contributed by atoms with E-state index in [2.05, 4.69) is 9.88 Å². The summed E-state index contributed by atoms with van der Waals surface area (Å²) in [6.45, 7) is 4.17. The minimum Gasteiger partial charge on any atom is -0.379 e. The van der Waals surface area contributed by atoms with Crippen LogP contribution in [0.15, 0.2) is 30.3 Å². The largest absolute Gasteiger partial charge is 0.379 e. The molecule has 1 aromatic heterocycles. The molecule has 4 rings (SSSR count). The van der Waals surface area contributed by atoms with Gasteiger partial charge >= 0.3 is 0 Å². The standard InChI is InChI=1S/C21H19Cl2F2N3O2S.ClH/c22-14-8-13(9-15(23)10-14)20(29)28(3-1-2-27-4-6-30-7-5-27)21-26-19-17(25)11-16(24)12-18(19)31-21;/h8-12H,1-7H2;1H. The monoisotopic (exact) mass is 521 g/mol. The molecule has 0 bridgehead atoms. The van der Waals surface area contributed by atoms with Crippen LogP contribution in [-0.4, -0.2) is 55.2 Å². The summed E-state index contributed by atoms with van der Waals surface area (Å²) in [7, 11) is 0. The summed E-state index contributed by atoms with van der Waals surface area (Å²) in [6.07, 6.45) is 0.673. The maximum atomic E-state index is 14.2. The summed E-state index contributed by atoms with van der Waals surface area (Å²) >= 11 is 13.2. The Balaban J connectivity index is 0.00000289. The predicted molar refractivity (Wildman–Crippen MR) is 127 cm³/mol. The van der Waals surface area contributed by atoms with Gasteiger partial charge in [0.05, 0.1) is 17.9 Å². The Kier molecular flexibility index (Phi) is 8.66. The lowest BCUT2D eigenvalue weighted by molar-refractivity contribution is 0.0376. The number of thiazole rings is 1. The van der Waals surface area contributed by atoms with Crippen molar-refractivity contribution in [1.82, 2.24) is 9.88 Å². The number of aromatic nitrogens is 1. The first-order valence-corrected chi connectivity index (χ1v) is 11.3. The van der Waals surface area contributed by atoms with E-state index in [9.17, 15) is 13.6 Å². The van der Waals surface area contributed by atoms with E-state index in [4.69, 9.17) is 27.9 Å². The number of carbonyl (C=O) groups is 1. The van der Waals surface area contributed by atoms with Gasteiger partial charge in [-0.25, -0.2) is 13.8 Å². The fourth-order valence-corrected chi connectivity index (χ4v) is 5.01. The summed E-state index contributed by atoms with van der Waals surface area (Å²) in [5.74, 6) is -1.80. The zero-order valence-electron chi connectivity index (χ0n) is 16.8. The van der Waals surface area contributed by atoms with Gasteiger partial charge in [-0.1, -0.05) is 34.5 Å². The van der Waals surface area contributed by atoms with Crippen LogP contribution in [0.2, 0.25) is 10.0 Å². The number of nitrogens with zero attached hydrogens (tertiary/aromatic N) is 3. The number of ether oxygens (including phenoxy) is 1. The van der Waals surface area contributed by atoms with Crippen LogP contribution in [0.3, 0.4) is 0 Å². The molecular weight excluding hydrogens is 503 g/mol. The van der Waals surface area contributed by atoms with Crippen molar-refractivity contribution in [2.45, 2.75) is 6.42 Å². The topological polar surface area (TPSA) is 45.7 Å². The second kappa shape index (κ2) is 11.0. The Morgan fingerprint density at radius 3 is 2.50 bits per heavy atom. The van der Waals surface area contributed by atoms with Crippen molar-refractivity contribution in [1.29, 1.82) is 0 Å². The molecule has 1 aliphatic heterocycles. The molecule has 32 heavy (non-hydrogen) atoms. The van der Waals surface area contributed by atoms with Gasteiger partial charge in [-0.2, -0.15) is 0 Å². The second-order valence-electron chi connectivity index (χ2n) is 7.15. The molecule has 0 unspecified atom stereocenters. The molecule has 1 saturated heterocycles. The van der Waals surface area contributed by atoms with Crippen LogP contribution in [0.1, 0.15) is 16.8 Å². The van der Waals surface area contributed by atoms with Crippen molar-refractivity contribution in [2.24, 2.45) is 0 Å². The molecule has 0 atom stereocenters. The average molecular weight is 523 g/mol. The summed E-state index contributed by atoms with van der Waals surface area (Å²) < 4.78 is 33.5. The van der Waals surface area contributed by atoms with Crippen molar-refractivity contribution >= 4 is 68.2 Å². The molecule has 3 aromatic rings. The zero-order chi connectivity index (χ0) is 22.0. The molecule has 1 aliphatic rings. The highest BCUT2D eigenvalue weighted by Gasteiger charge is 2.23. The molecule has 0 saturated carbocycles. The number of amides is 1. The molecule has 0 aliphatic carbocycles. The zero-order valence-corrected chi connectivity index (χ0v) is 20.0. The Hall–Kier alpha value is -1.55. The highest BCUT2D eigenvalue weighted by atomic mass is 35.5. The van der Waals surface area contributed by atoms with Crippen molar-refractivity contribution in [2.75, 3.05) is 44.3 Å². The van der Waals surface area contributed by atoms with Gasteiger partial charge in [0, 0.05) is 47.9 Å². The van der Waals surface area contributed by atoms with Crippen molar-refractivity contribution < 1.29 is 18.3 Å². The number of rotatable bonds is 6. The third-order valence-electron chi connectivity index (χ3n) is 4.95. The lowest BCUT2D eigenvalue weighted by Crippen LogP contribution is -2.39. The fourth-order valence-electron chi connectivity index (χ4n) is 3.46. The Morgan fingerprint density at radius 2 is 1.81 bits per heavy atom. The number of anilines is 1. The first kappa shape index (κ1) is 25.1. The Bertz CT molecular complexity index is 1090. The summed E-state index contributed by atoms with van der Waals surface area (Å²) in [4.78, 5) is 21.4. The van der Waals surface area contributed by atoms with E-state index in [1.165, 1.54) is 23.1 Å². The summed E-state index contributed by atoms with van der Waals surface area (Å²) in [6, 6.07) is 6.59. The number of fused-ring (bicyclic) bond motifs is 1. The Morgan fingerprint density at radius 1 is 1.12 bits per heavy atom. The van der Waals surface area contributed by atoms with Gasteiger partial charge in [0.25, 0.3) is 5.91 Å². The van der Waals surface area contributed by atoms with Crippen LogP contribution < -0.4 is 4.90 Å². The number of carbonyl (C=O) groups excluding carboxylic acids is 1. The lowest BCUT2D eigenvalue weighted by atomic mass is 10.2. The minimum atomic E-state index is -0.760. The number of benzene rings is 2. The van der Waals surface area contributed by atoms with Crippen LogP contribution in [0, 0.1) is 11.6 Å². The molecule has 0 spiro atoms. The second-order valence-corrected chi connectivity index (χ2v) is 9.04. The highest BCUT2D eigenvalue weighted by molar-refractivity contribution is 7.22. The highest BCUT2D eigenvalue weighted by Crippen LogP contribution is 2.32.